The Morgan fingerprint density at radius 3 is 2.79 bits per heavy atom. The Kier molecular flexibility index (Phi) is 5.43. The van der Waals surface area contributed by atoms with Crippen LogP contribution in [0.1, 0.15) is 24.9 Å². The monoisotopic (exact) mass is 443 g/mol. The van der Waals surface area contributed by atoms with E-state index in [2.05, 4.69) is 44.0 Å². The number of carbonyl (C=O) groups is 2. The van der Waals surface area contributed by atoms with Crippen LogP contribution in [0.25, 0.3) is 0 Å². The predicted molar refractivity (Wildman–Crippen MR) is 109 cm³/mol. The lowest BCUT2D eigenvalue weighted by Crippen LogP contribution is -2.49. The normalized spacial score (nSPS) is 27.2. The second kappa shape index (κ2) is 7.98. The van der Waals surface area contributed by atoms with E-state index in [9.17, 15) is 9.59 Å². The molecule has 1 aromatic heterocycles. The Labute approximate surface area is 172 Å². The van der Waals surface area contributed by atoms with Gasteiger partial charge < -0.3 is 10.2 Å². The number of hydrogen-bond donors (Lipinski definition) is 3. The van der Waals surface area contributed by atoms with Crippen molar-refractivity contribution in [2.24, 2.45) is 11.8 Å². The molecule has 2 fully saturated rings. The first kappa shape index (κ1) is 19.0. The molecule has 1 aromatic carbocycles. The van der Waals surface area contributed by atoms with Crippen LogP contribution in [0.2, 0.25) is 0 Å². The number of halogens is 1. The van der Waals surface area contributed by atoms with Gasteiger partial charge in [-0.1, -0.05) is 28.9 Å². The molecule has 7 nitrogen and oxygen atoms in total. The van der Waals surface area contributed by atoms with Crippen LogP contribution in [0.5, 0.6) is 0 Å². The molecule has 2 aromatic rings. The van der Waals surface area contributed by atoms with Gasteiger partial charge in [-0.2, -0.15) is 0 Å². The zero-order valence-corrected chi connectivity index (χ0v) is 17.0. The molecular weight excluding hydrogens is 422 g/mol. The molecule has 0 spiro atoms. The molecule has 2 amide bonds. The number of hydrogen-bond acceptors (Lipinski definition) is 5. The third kappa shape index (κ3) is 3.67. The van der Waals surface area contributed by atoms with Crippen molar-refractivity contribution in [2.75, 3.05) is 11.4 Å². The third-order valence-corrected chi connectivity index (χ3v) is 5.94. The van der Waals surface area contributed by atoms with Crippen molar-refractivity contribution in [1.29, 1.82) is 0 Å². The third-order valence-electron chi connectivity index (χ3n) is 5.45. The van der Waals surface area contributed by atoms with Crippen LogP contribution < -0.4 is 21.1 Å². The standard InChI is InChI=1S/C20H22BrN5O2/c1-12-17(13-5-8-22-9-6-13)24-25-18(12)23-19(27)16-7-10-26(20(16)28)15-4-2-3-14(21)11-15/h2-6,8-9,11-12,16-18,24-25H,7,10H2,1H3,(H,23,27). The molecular formula is C20H22BrN5O2. The van der Waals surface area contributed by atoms with Gasteiger partial charge in [0, 0.05) is 35.0 Å². The molecule has 3 heterocycles. The van der Waals surface area contributed by atoms with Crippen LogP contribution in [0.15, 0.2) is 53.3 Å². The van der Waals surface area contributed by atoms with Gasteiger partial charge in [0.1, 0.15) is 5.92 Å². The van der Waals surface area contributed by atoms with Crippen LogP contribution in [-0.2, 0) is 9.59 Å². The highest BCUT2D eigenvalue weighted by atomic mass is 79.9. The van der Waals surface area contributed by atoms with Gasteiger partial charge in [0.2, 0.25) is 11.8 Å². The van der Waals surface area contributed by atoms with Crippen LogP contribution in [0.4, 0.5) is 5.69 Å². The number of pyridine rings is 1. The minimum atomic E-state index is -0.659. The van der Waals surface area contributed by atoms with E-state index >= 15 is 0 Å². The highest BCUT2D eigenvalue weighted by Gasteiger charge is 2.41. The Morgan fingerprint density at radius 2 is 2.04 bits per heavy atom. The first-order valence-corrected chi connectivity index (χ1v) is 10.1. The van der Waals surface area contributed by atoms with Crippen LogP contribution >= 0.6 is 15.9 Å². The molecule has 0 aliphatic carbocycles. The molecule has 8 heteroatoms. The number of carbonyl (C=O) groups excluding carboxylic acids is 2. The summed E-state index contributed by atoms with van der Waals surface area (Å²) in [4.78, 5) is 31.3. The number of amides is 2. The lowest BCUT2D eigenvalue weighted by atomic mass is 9.95. The van der Waals surface area contributed by atoms with Crippen molar-refractivity contribution < 1.29 is 9.59 Å². The maximum absolute atomic E-state index is 12.8. The summed E-state index contributed by atoms with van der Waals surface area (Å²) in [7, 11) is 0. The zero-order chi connectivity index (χ0) is 19.7. The second-order valence-corrected chi connectivity index (χ2v) is 8.12. The van der Waals surface area contributed by atoms with Crippen LogP contribution in [0.3, 0.4) is 0 Å². The maximum atomic E-state index is 12.8. The fraction of sp³-hybridized carbons (Fsp3) is 0.350. The fourth-order valence-corrected chi connectivity index (χ4v) is 4.22. The zero-order valence-electron chi connectivity index (χ0n) is 15.4. The summed E-state index contributed by atoms with van der Waals surface area (Å²) in [5.41, 5.74) is 8.28. The van der Waals surface area contributed by atoms with E-state index in [-0.39, 0.29) is 29.9 Å². The van der Waals surface area contributed by atoms with E-state index < -0.39 is 5.92 Å². The topological polar surface area (TPSA) is 86.4 Å². The van der Waals surface area contributed by atoms with Crippen molar-refractivity contribution in [3.63, 3.8) is 0 Å². The molecule has 4 unspecified atom stereocenters. The molecule has 146 valence electrons. The number of nitrogens with one attached hydrogen (secondary N) is 3. The summed E-state index contributed by atoms with van der Waals surface area (Å²) in [6, 6.07) is 11.5. The molecule has 0 saturated carbocycles. The highest BCUT2D eigenvalue weighted by Crippen LogP contribution is 2.29. The number of anilines is 1. The Balaban J connectivity index is 1.40. The summed E-state index contributed by atoms with van der Waals surface area (Å²) >= 11 is 3.43. The number of nitrogens with zero attached hydrogens (tertiary/aromatic N) is 2. The van der Waals surface area contributed by atoms with Crippen LogP contribution in [-0.4, -0.2) is 29.5 Å². The van der Waals surface area contributed by atoms with Crippen molar-refractivity contribution in [3.05, 3.63) is 58.8 Å². The molecule has 2 aliphatic rings. The summed E-state index contributed by atoms with van der Waals surface area (Å²) in [6.45, 7) is 2.60. The smallest absolute Gasteiger partial charge is 0.239 e. The Morgan fingerprint density at radius 1 is 1.25 bits per heavy atom. The Hall–Kier alpha value is -2.29. The molecule has 4 atom stereocenters. The SMILES string of the molecule is CC1C(NC(=O)C2CCN(c3cccc(Br)c3)C2=O)NNC1c1ccncc1. The summed E-state index contributed by atoms with van der Waals surface area (Å²) in [5, 5.41) is 3.00. The van der Waals surface area contributed by atoms with Crippen molar-refractivity contribution >= 4 is 33.4 Å². The molecule has 4 rings (SSSR count). The van der Waals surface area contributed by atoms with Gasteiger partial charge in [0.05, 0.1) is 12.2 Å². The van der Waals surface area contributed by atoms with Crippen LogP contribution in [0, 0.1) is 11.8 Å². The highest BCUT2D eigenvalue weighted by molar-refractivity contribution is 9.10. The second-order valence-electron chi connectivity index (χ2n) is 7.20. The lowest BCUT2D eigenvalue weighted by Gasteiger charge is -2.21. The quantitative estimate of drug-likeness (QED) is 0.630. The fourth-order valence-electron chi connectivity index (χ4n) is 3.84. The van der Waals surface area contributed by atoms with Gasteiger partial charge in [0.15, 0.2) is 0 Å². The van der Waals surface area contributed by atoms with Gasteiger partial charge in [-0.3, -0.25) is 14.6 Å². The van der Waals surface area contributed by atoms with Crippen molar-refractivity contribution in [3.8, 4) is 0 Å². The number of hydrazine groups is 1. The number of benzene rings is 1. The molecule has 2 saturated heterocycles. The molecule has 0 radical (unpaired) electrons. The van der Waals surface area contributed by atoms with E-state index in [4.69, 9.17) is 0 Å². The number of aromatic nitrogens is 1. The largest absolute Gasteiger partial charge is 0.339 e. The van der Waals surface area contributed by atoms with Gasteiger partial charge in [-0.15, -0.1) is 0 Å². The first-order chi connectivity index (χ1) is 13.5. The van der Waals surface area contributed by atoms with E-state index in [1.807, 2.05) is 36.4 Å². The first-order valence-electron chi connectivity index (χ1n) is 9.33. The Bertz CT molecular complexity index is 878. The lowest BCUT2D eigenvalue weighted by molar-refractivity contribution is -0.132. The van der Waals surface area contributed by atoms with E-state index in [0.717, 1.165) is 15.7 Å². The summed E-state index contributed by atoms with van der Waals surface area (Å²) < 4.78 is 0.905. The van der Waals surface area contributed by atoms with Crippen molar-refractivity contribution in [1.82, 2.24) is 21.2 Å². The van der Waals surface area contributed by atoms with Gasteiger partial charge in [0.25, 0.3) is 0 Å². The van der Waals surface area contributed by atoms with Crippen molar-refractivity contribution in [2.45, 2.75) is 25.6 Å². The maximum Gasteiger partial charge on any atom is 0.239 e. The molecule has 3 N–H and O–H groups in total. The van der Waals surface area contributed by atoms with Gasteiger partial charge >= 0.3 is 0 Å². The van der Waals surface area contributed by atoms with Gasteiger partial charge in [-0.25, -0.2) is 10.9 Å². The van der Waals surface area contributed by atoms with Gasteiger partial charge in [-0.05, 0) is 42.3 Å². The predicted octanol–water partition coefficient (Wildman–Crippen LogP) is 2.12. The molecule has 0 bridgehead atoms. The molecule has 2 aliphatic heterocycles. The minimum Gasteiger partial charge on any atom is -0.339 e. The van der Waals surface area contributed by atoms with E-state index in [1.165, 1.54) is 0 Å². The molecule has 28 heavy (non-hydrogen) atoms. The minimum absolute atomic E-state index is 0.0609. The summed E-state index contributed by atoms with van der Waals surface area (Å²) in [6.07, 6.45) is 3.77. The summed E-state index contributed by atoms with van der Waals surface area (Å²) in [5.74, 6) is -0.930. The average molecular weight is 444 g/mol. The number of rotatable bonds is 4. The van der Waals surface area contributed by atoms with E-state index in [1.54, 1.807) is 17.3 Å². The average Bonchev–Trinajstić information content (AvgIpc) is 3.25. The van der Waals surface area contributed by atoms with E-state index in [0.29, 0.717) is 13.0 Å².